The van der Waals surface area contributed by atoms with Crippen LogP contribution in [0.15, 0.2) is 0 Å². The van der Waals surface area contributed by atoms with Gasteiger partial charge in [-0.05, 0) is 17.9 Å². The Kier molecular flexibility index (Phi) is 5.64. The standard InChI is InChI=1S/C10H20OS/c1-5-12-8-6-7-9(11)10(2,3)4/h5-8H2,1-4H3. The van der Waals surface area contributed by atoms with E-state index in [2.05, 4.69) is 6.92 Å². The highest BCUT2D eigenvalue weighted by molar-refractivity contribution is 7.99. The third-order valence-corrected chi connectivity index (χ3v) is 2.72. The van der Waals surface area contributed by atoms with Crippen LogP contribution in [0.25, 0.3) is 0 Å². The van der Waals surface area contributed by atoms with Gasteiger partial charge in [0.2, 0.25) is 0 Å². The molecule has 0 aromatic heterocycles. The van der Waals surface area contributed by atoms with Gasteiger partial charge in [-0.1, -0.05) is 27.7 Å². The molecule has 1 nitrogen and oxygen atoms in total. The van der Waals surface area contributed by atoms with Crippen molar-refractivity contribution in [2.24, 2.45) is 5.41 Å². The zero-order valence-electron chi connectivity index (χ0n) is 8.64. The van der Waals surface area contributed by atoms with E-state index in [1.807, 2.05) is 32.5 Å². The molecule has 0 radical (unpaired) electrons. The van der Waals surface area contributed by atoms with Crippen LogP contribution in [0.4, 0.5) is 0 Å². The summed E-state index contributed by atoms with van der Waals surface area (Å²) >= 11 is 1.91. The molecule has 0 aromatic carbocycles. The topological polar surface area (TPSA) is 17.1 Å². The van der Waals surface area contributed by atoms with Crippen LogP contribution in [-0.4, -0.2) is 17.3 Å². The van der Waals surface area contributed by atoms with E-state index in [1.165, 1.54) is 0 Å². The molecule has 12 heavy (non-hydrogen) atoms. The maximum atomic E-state index is 11.4. The van der Waals surface area contributed by atoms with Gasteiger partial charge >= 0.3 is 0 Å². The molecular formula is C10H20OS. The minimum Gasteiger partial charge on any atom is -0.299 e. The maximum Gasteiger partial charge on any atom is 0.138 e. The van der Waals surface area contributed by atoms with Gasteiger partial charge in [-0.15, -0.1) is 0 Å². The van der Waals surface area contributed by atoms with Crippen LogP contribution < -0.4 is 0 Å². The largest absolute Gasteiger partial charge is 0.299 e. The van der Waals surface area contributed by atoms with Gasteiger partial charge in [0, 0.05) is 11.8 Å². The second-order valence-corrected chi connectivity index (χ2v) is 5.37. The van der Waals surface area contributed by atoms with Crippen molar-refractivity contribution in [1.82, 2.24) is 0 Å². The fourth-order valence-electron chi connectivity index (χ4n) is 0.854. The van der Waals surface area contributed by atoms with Crippen LogP contribution in [0.2, 0.25) is 0 Å². The van der Waals surface area contributed by atoms with Crippen molar-refractivity contribution >= 4 is 17.5 Å². The number of hydrogen-bond acceptors (Lipinski definition) is 2. The Hall–Kier alpha value is 0.0200. The summed E-state index contributed by atoms with van der Waals surface area (Å²) in [6, 6.07) is 0. The number of ketones is 1. The predicted octanol–water partition coefficient (Wildman–Crippen LogP) is 3.13. The second-order valence-electron chi connectivity index (χ2n) is 3.97. The van der Waals surface area contributed by atoms with Crippen molar-refractivity contribution in [3.05, 3.63) is 0 Å². The minimum atomic E-state index is -0.142. The van der Waals surface area contributed by atoms with Crippen molar-refractivity contribution in [2.75, 3.05) is 11.5 Å². The lowest BCUT2D eigenvalue weighted by Crippen LogP contribution is -2.19. The van der Waals surface area contributed by atoms with Gasteiger partial charge in [0.1, 0.15) is 5.78 Å². The van der Waals surface area contributed by atoms with Crippen molar-refractivity contribution in [2.45, 2.75) is 40.5 Å². The number of thioether (sulfide) groups is 1. The lowest BCUT2D eigenvalue weighted by Gasteiger charge is -2.15. The summed E-state index contributed by atoms with van der Waals surface area (Å²) in [5, 5.41) is 0. The fourth-order valence-corrected chi connectivity index (χ4v) is 1.49. The molecule has 0 aliphatic rings. The van der Waals surface area contributed by atoms with E-state index in [4.69, 9.17) is 0 Å². The number of hydrogen-bond donors (Lipinski definition) is 0. The first-order chi connectivity index (χ1) is 5.48. The molecule has 0 atom stereocenters. The Morgan fingerprint density at radius 2 is 1.92 bits per heavy atom. The van der Waals surface area contributed by atoms with Crippen LogP contribution in [0, 0.1) is 5.41 Å². The summed E-state index contributed by atoms with van der Waals surface area (Å²) in [6.07, 6.45) is 1.78. The smallest absolute Gasteiger partial charge is 0.138 e. The van der Waals surface area contributed by atoms with E-state index in [0.29, 0.717) is 5.78 Å². The van der Waals surface area contributed by atoms with Crippen LogP contribution in [0.5, 0.6) is 0 Å². The molecule has 0 saturated carbocycles. The first-order valence-corrected chi connectivity index (χ1v) is 5.75. The zero-order valence-corrected chi connectivity index (χ0v) is 9.46. The Morgan fingerprint density at radius 1 is 1.33 bits per heavy atom. The number of Topliss-reactive ketones (excluding diaryl/α,β-unsaturated/α-hetero) is 1. The minimum absolute atomic E-state index is 0.142. The van der Waals surface area contributed by atoms with Crippen molar-refractivity contribution in [3.63, 3.8) is 0 Å². The molecule has 2 heteroatoms. The Bertz CT molecular complexity index is 135. The Balaban J connectivity index is 3.45. The molecule has 0 N–H and O–H groups in total. The molecule has 0 amide bonds. The van der Waals surface area contributed by atoms with E-state index in [-0.39, 0.29) is 5.41 Å². The first-order valence-electron chi connectivity index (χ1n) is 4.59. The van der Waals surface area contributed by atoms with Crippen LogP contribution in [0.3, 0.4) is 0 Å². The van der Waals surface area contributed by atoms with Crippen molar-refractivity contribution in [1.29, 1.82) is 0 Å². The van der Waals surface area contributed by atoms with Gasteiger partial charge in [0.15, 0.2) is 0 Å². The lowest BCUT2D eigenvalue weighted by atomic mass is 9.88. The summed E-state index contributed by atoms with van der Waals surface area (Å²) in [5.74, 6) is 2.67. The normalized spacial score (nSPS) is 11.7. The first kappa shape index (κ1) is 12.0. The molecule has 0 bridgehead atoms. The monoisotopic (exact) mass is 188 g/mol. The Labute approximate surface area is 80.3 Å². The zero-order chi connectivity index (χ0) is 9.61. The van der Waals surface area contributed by atoms with E-state index in [0.717, 1.165) is 24.3 Å². The summed E-state index contributed by atoms with van der Waals surface area (Å²) < 4.78 is 0. The molecule has 0 saturated heterocycles. The van der Waals surface area contributed by atoms with E-state index >= 15 is 0 Å². The average molecular weight is 188 g/mol. The van der Waals surface area contributed by atoms with Gasteiger partial charge in [-0.25, -0.2) is 0 Å². The van der Waals surface area contributed by atoms with Gasteiger partial charge in [-0.3, -0.25) is 4.79 Å². The van der Waals surface area contributed by atoms with Crippen LogP contribution >= 0.6 is 11.8 Å². The molecule has 0 fully saturated rings. The van der Waals surface area contributed by atoms with E-state index in [1.54, 1.807) is 0 Å². The number of rotatable bonds is 5. The molecule has 0 spiro atoms. The SMILES string of the molecule is CCSCCCC(=O)C(C)(C)C. The van der Waals surface area contributed by atoms with Gasteiger partial charge < -0.3 is 0 Å². The molecule has 0 rings (SSSR count). The molecule has 0 aliphatic heterocycles. The highest BCUT2D eigenvalue weighted by atomic mass is 32.2. The lowest BCUT2D eigenvalue weighted by molar-refractivity contribution is -0.126. The van der Waals surface area contributed by atoms with Gasteiger partial charge in [0.25, 0.3) is 0 Å². The highest BCUT2D eigenvalue weighted by Gasteiger charge is 2.19. The number of carbonyl (C=O) groups excluding carboxylic acids is 1. The third-order valence-electron chi connectivity index (χ3n) is 1.73. The quantitative estimate of drug-likeness (QED) is 0.617. The molecule has 0 aliphatic carbocycles. The third kappa shape index (κ3) is 5.64. The number of carbonyl (C=O) groups is 1. The molecular weight excluding hydrogens is 168 g/mol. The predicted molar refractivity (Wildman–Crippen MR) is 56.7 cm³/mol. The maximum absolute atomic E-state index is 11.4. The molecule has 0 heterocycles. The van der Waals surface area contributed by atoms with E-state index in [9.17, 15) is 4.79 Å². The fraction of sp³-hybridized carbons (Fsp3) is 0.900. The van der Waals surface area contributed by atoms with Crippen molar-refractivity contribution in [3.8, 4) is 0 Å². The summed E-state index contributed by atoms with van der Waals surface area (Å²) in [7, 11) is 0. The average Bonchev–Trinajstić information content (AvgIpc) is 1.96. The highest BCUT2D eigenvalue weighted by Crippen LogP contribution is 2.18. The van der Waals surface area contributed by atoms with Crippen molar-refractivity contribution < 1.29 is 4.79 Å². The Morgan fingerprint density at radius 3 is 2.33 bits per heavy atom. The molecule has 0 aromatic rings. The van der Waals surface area contributed by atoms with Crippen LogP contribution in [0.1, 0.15) is 40.5 Å². The van der Waals surface area contributed by atoms with Crippen LogP contribution in [-0.2, 0) is 4.79 Å². The second kappa shape index (κ2) is 5.63. The van der Waals surface area contributed by atoms with Gasteiger partial charge in [-0.2, -0.15) is 11.8 Å². The summed E-state index contributed by atoms with van der Waals surface area (Å²) in [6.45, 7) is 8.11. The summed E-state index contributed by atoms with van der Waals surface area (Å²) in [5.41, 5.74) is -0.142. The van der Waals surface area contributed by atoms with E-state index < -0.39 is 0 Å². The van der Waals surface area contributed by atoms with Gasteiger partial charge in [0.05, 0.1) is 0 Å². The molecule has 0 unspecified atom stereocenters. The molecule has 72 valence electrons. The summed E-state index contributed by atoms with van der Waals surface area (Å²) in [4.78, 5) is 11.4.